The SMILES string of the molecule is COc1c2ccc(C(=O)NCc3sc(-c4cccs4)nc3C)cc2nn1C. The van der Waals surface area contributed by atoms with Crippen LogP contribution in [0.5, 0.6) is 5.88 Å². The molecule has 0 unspecified atom stereocenters. The molecule has 0 saturated heterocycles. The third-order valence-corrected chi connectivity index (χ3v) is 6.47. The quantitative estimate of drug-likeness (QED) is 0.552. The number of amides is 1. The number of methoxy groups -OCH3 is 1. The van der Waals surface area contributed by atoms with E-state index in [4.69, 9.17) is 4.74 Å². The molecule has 0 aliphatic heterocycles. The van der Waals surface area contributed by atoms with Gasteiger partial charge < -0.3 is 10.1 Å². The molecule has 1 aromatic carbocycles. The second kappa shape index (κ2) is 7.13. The summed E-state index contributed by atoms with van der Waals surface area (Å²) < 4.78 is 7.01. The van der Waals surface area contributed by atoms with Gasteiger partial charge in [-0.05, 0) is 36.6 Å². The molecule has 0 atom stereocenters. The summed E-state index contributed by atoms with van der Waals surface area (Å²) in [7, 11) is 3.43. The van der Waals surface area contributed by atoms with E-state index in [2.05, 4.69) is 21.5 Å². The molecule has 1 amide bonds. The first-order valence-electron chi connectivity index (χ1n) is 8.36. The monoisotopic (exact) mass is 398 g/mol. The van der Waals surface area contributed by atoms with Gasteiger partial charge in [0.15, 0.2) is 0 Å². The van der Waals surface area contributed by atoms with Crippen LogP contribution in [0.15, 0.2) is 35.7 Å². The number of carbonyl (C=O) groups is 1. The van der Waals surface area contributed by atoms with Gasteiger partial charge in [0.2, 0.25) is 5.88 Å². The Kier molecular flexibility index (Phi) is 4.67. The van der Waals surface area contributed by atoms with Crippen molar-refractivity contribution in [1.82, 2.24) is 20.1 Å². The summed E-state index contributed by atoms with van der Waals surface area (Å²) in [6.07, 6.45) is 0. The van der Waals surface area contributed by atoms with Crippen LogP contribution in [0.3, 0.4) is 0 Å². The number of rotatable bonds is 5. The predicted octanol–water partition coefficient (Wildman–Crippen LogP) is 4.01. The smallest absolute Gasteiger partial charge is 0.251 e. The summed E-state index contributed by atoms with van der Waals surface area (Å²) in [5.41, 5.74) is 2.26. The van der Waals surface area contributed by atoms with Crippen molar-refractivity contribution >= 4 is 39.5 Å². The Morgan fingerprint density at radius 1 is 1.33 bits per heavy atom. The molecule has 0 saturated carbocycles. The fourth-order valence-corrected chi connectivity index (χ4v) is 4.72. The molecule has 6 nitrogen and oxygen atoms in total. The Balaban J connectivity index is 1.50. The van der Waals surface area contributed by atoms with E-state index in [1.807, 2.05) is 31.5 Å². The number of aryl methyl sites for hydroxylation is 2. The van der Waals surface area contributed by atoms with Crippen molar-refractivity contribution in [2.75, 3.05) is 7.11 Å². The van der Waals surface area contributed by atoms with Crippen LogP contribution >= 0.6 is 22.7 Å². The largest absolute Gasteiger partial charge is 0.481 e. The highest BCUT2D eigenvalue weighted by atomic mass is 32.1. The summed E-state index contributed by atoms with van der Waals surface area (Å²) >= 11 is 3.28. The lowest BCUT2D eigenvalue weighted by Crippen LogP contribution is -2.22. The van der Waals surface area contributed by atoms with E-state index in [1.54, 1.807) is 46.6 Å². The summed E-state index contributed by atoms with van der Waals surface area (Å²) in [5, 5.41) is 11.3. The van der Waals surface area contributed by atoms with Gasteiger partial charge in [0, 0.05) is 17.5 Å². The first kappa shape index (κ1) is 17.7. The molecular formula is C19H18N4O2S2. The summed E-state index contributed by atoms with van der Waals surface area (Å²) in [6.45, 7) is 2.43. The molecule has 0 spiro atoms. The third-order valence-electron chi connectivity index (χ3n) is 4.27. The van der Waals surface area contributed by atoms with Crippen LogP contribution in [0, 0.1) is 6.92 Å². The highest BCUT2D eigenvalue weighted by molar-refractivity contribution is 7.21. The Bertz CT molecular complexity index is 1110. The number of fused-ring (bicyclic) bond motifs is 1. The van der Waals surface area contributed by atoms with Crippen molar-refractivity contribution in [3.05, 3.63) is 51.8 Å². The molecular weight excluding hydrogens is 380 g/mol. The van der Waals surface area contributed by atoms with Crippen LogP contribution in [0.4, 0.5) is 0 Å². The van der Waals surface area contributed by atoms with E-state index in [0.29, 0.717) is 18.0 Å². The van der Waals surface area contributed by atoms with Crippen LogP contribution in [0.25, 0.3) is 20.8 Å². The molecule has 4 aromatic rings. The molecule has 0 bridgehead atoms. The van der Waals surface area contributed by atoms with Gasteiger partial charge >= 0.3 is 0 Å². The number of carbonyl (C=O) groups excluding carboxylic acids is 1. The Hall–Kier alpha value is -2.71. The van der Waals surface area contributed by atoms with Crippen LogP contribution in [-0.4, -0.2) is 27.8 Å². The van der Waals surface area contributed by atoms with Gasteiger partial charge in [-0.15, -0.1) is 22.7 Å². The van der Waals surface area contributed by atoms with Crippen molar-refractivity contribution in [3.8, 4) is 15.8 Å². The van der Waals surface area contributed by atoms with Gasteiger partial charge in [0.05, 0.1) is 35.1 Å². The number of aromatic nitrogens is 3. The van der Waals surface area contributed by atoms with E-state index in [0.717, 1.165) is 31.4 Å². The highest BCUT2D eigenvalue weighted by Crippen LogP contribution is 2.31. The molecule has 0 aliphatic rings. The fraction of sp³-hybridized carbons (Fsp3) is 0.211. The Labute approximate surface area is 164 Å². The normalized spacial score (nSPS) is 11.1. The first-order chi connectivity index (χ1) is 13.1. The molecule has 0 fully saturated rings. The van der Waals surface area contributed by atoms with Crippen molar-refractivity contribution in [3.63, 3.8) is 0 Å². The van der Waals surface area contributed by atoms with E-state index in [9.17, 15) is 4.79 Å². The maximum atomic E-state index is 12.6. The lowest BCUT2D eigenvalue weighted by atomic mass is 10.1. The van der Waals surface area contributed by atoms with Crippen LogP contribution in [0.1, 0.15) is 20.9 Å². The first-order valence-corrected chi connectivity index (χ1v) is 10.1. The van der Waals surface area contributed by atoms with E-state index < -0.39 is 0 Å². The van der Waals surface area contributed by atoms with Gasteiger partial charge in [0.1, 0.15) is 5.01 Å². The molecule has 0 aliphatic carbocycles. The molecule has 27 heavy (non-hydrogen) atoms. The minimum absolute atomic E-state index is 0.132. The Morgan fingerprint density at radius 3 is 2.93 bits per heavy atom. The summed E-state index contributed by atoms with van der Waals surface area (Å²) in [5.74, 6) is 0.547. The van der Waals surface area contributed by atoms with Crippen molar-refractivity contribution in [2.45, 2.75) is 13.5 Å². The second-order valence-electron chi connectivity index (χ2n) is 6.05. The van der Waals surface area contributed by atoms with Crippen molar-refractivity contribution in [1.29, 1.82) is 0 Å². The lowest BCUT2D eigenvalue weighted by Gasteiger charge is -2.04. The van der Waals surface area contributed by atoms with Gasteiger partial charge in [0.25, 0.3) is 5.91 Å². The second-order valence-corrected chi connectivity index (χ2v) is 8.08. The third kappa shape index (κ3) is 3.33. The standard InChI is InChI=1S/C19H18N4O2S2/c1-11-16(27-18(21-11)15-5-4-8-26-15)10-20-17(24)12-6-7-13-14(9-12)22-23(2)19(13)25-3/h4-9H,10H2,1-3H3,(H,20,24). The molecule has 1 N–H and O–H groups in total. The van der Waals surface area contributed by atoms with E-state index in [1.165, 1.54) is 0 Å². The van der Waals surface area contributed by atoms with Crippen LogP contribution in [-0.2, 0) is 13.6 Å². The van der Waals surface area contributed by atoms with Crippen molar-refractivity contribution in [2.24, 2.45) is 7.05 Å². The zero-order valence-electron chi connectivity index (χ0n) is 15.1. The summed E-state index contributed by atoms with van der Waals surface area (Å²) in [6, 6.07) is 9.51. The predicted molar refractivity (Wildman–Crippen MR) is 109 cm³/mol. The number of ether oxygens (including phenoxy) is 1. The van der Waals surface area contributed by atoms with E-state index in [-0.39, 0.29) is 5.91 Å². The number of benzene rings is 1. The number of nitrogens with one attached hydrogen (secondary N) is 1. The molecule has 8 heteroatoms. The maximum Gasteiger partial charge on any atom is 0.251 e. The topological polar surface area (TPSA) is 69.0 Å². The Morgan fingerprint density at radius 2 is 2.19 bits per heavy atom. The van der Waals surface area contributed by atoms with Crippen LogP contribution < -0.4 is 10.1 Å². The molecule has 138 valence electrons. The van der Waals surface area contributed by atoms with Crippen molar-refractivity contribution < 1.29 is 9.53 Å². The maximum absolute atomic E-state index is 12.6. The molecule has 3 aromatic heterocycles. The zero-order chi connectivity index (χ0) is 19.0. The molecule has 0 radical (unpaired) electrons. The fourth-order valence-electron chi connectivity index (χ4n) is 2.92. The number of thiophene rings is 1. The number of hydrogen-bond acceptors (Lipinski definition) is 6. The minimum Gasteiger partial charge on any atom is -0.481 e. The highest BCUT2D eigenvalue weighted by Gasteiger charge is 2.14. The van der Waals surface area contributed by atoms with Gasteiger partial charge in [-0.3, -0.25) is 4.79 Å². The lowest BCUT2D eigenvalue weighted by molar-refractivity contribution is 0.0951. The van der Waals surface area contributed by atoms with Gasteiger partial charge in [-0.1, -0.05) is 6.07 Å². The number of hydrogen-bond donors (Lipinski definition) is 1. The minimum atomic E-state index is -0.132. The molecule has 4 rings (SSSR count). The van der Waals surface area contributed by atoms with Gasteiger partial charge in [-0.2, -0.15) is 5.10 Å². The number of nitrogens with zero attached hydrogens (tertiary/aromatic N) is 3. The number of thiazole rings is 1. The molecule has 3 heterocycles. The van der Waals surface area contributed by atoms with Crippen LogP contribution in [0.2, 0.25) is 0 Å². The van der Waals surface area contributed by atoms with E-state index >= 15 is 0 Å². The summed E-state index contributed by atoms with van der Waals surface area (Å²) in [4.78, 5) is 19.4. The zero-order valence-corrected chi connectivity index (χ0v) is 16.8. The average molecular weight is 399 g/mol. The van der Waals surface area contributed by atoms with Gasteiger partial charge in [-0.25, -0.2) is 9.67 Å². The average Bonchev–Trinajstić information content (AvgIpc) is 3.37.